The molecule has 0 amide bonds. The van der Waals surface area contributed by atoms with Crippen molar-refractivity contribution in [3.05, 3.63) is 0 Å². The summed E-state index contributed by atoms with van der Waals surface area (Å²) in [7, 11) is 0. The van der Waals surface area contributed by atoms with E-state index in [4.69, 9.17) is 4.74 Å². The van der Waals surface area contributed by atoms with E-state index in [1.54, 1.807) is 0 Å². The zero-order valence-corrected chi connectivity index (χ0v) is 8.39. The molecule has 0 N–H and O–H groups in total. The van der Waals surface area contributed by atoms with Crippen LogP contribution in [0.4, 0.5) is 0 Å². The van der Waals surface area contributed by atoms with E-state index in [1.165, 1.54) is 19.3 Å². The summed E-state index contributed by atoms with van der Waals surface area (Å²) in [4.78, 5) is 0. The fraction of sp³-hybridized carbons (Fsp3) is 1.00. The molecular weight excluding hydrogens is 136 g/mol. The molecule has 1 saturated heterocycles. The Morgan fingerprint density at radius 2 is 2.00 bits per heavy atom. The molecule has 1 rings (SSSR count). The molecule has 1 heterocycles. The summed E-state index contributed by atoms with van der Waals surface area (Å²) in [5.41, 5.74) is 0. The van der Waals surface area contributed by atoms with Gasteiger partial charge < -0.3 is 4.74 Å². The fourth-order valence-corrected chi connectivity index (χ4v) is 1.36. The van der Waals surface area contributed by atoms with Crippen LogP contribution >= 0.6 is 0 Å². The Hall–Kier alpha value is -0.0400. The van der Waals surface area contributed by atoms with E-state index in [2.05, 4.69) is 13.8 Å². The van der Waals surface area contributed by atoms with E-state index >= 15 is 0 Å². The average molecular weight is 158 g/mol. The number of rotatable bonds is 1. The summed E-state index contributed by atoms with van der Waals surface area (Å²) in [6, 6.07) is 0. The van der Waals surface area contributed by atoms with Crippen molar-refractivity contribution in [1.29, 1.82) is 0 Å². The van der Waals surface area contributed by atoms with Crippen molar-refractivity contribution in [2.75, 3.05) is 6.61 Å². The standard InChI is InChI=1S/C8H16O.C2H6/c1-3-8-6-7(2)4-5-9-8;1-2/h7-8H,3-6H2,1-2H3;1-2H3/t7-,8-;/m0./s1. The van der Waals surface area contributed by atoms with Gasteiger partial charge in [0.1, 0.15) is 0 Å². The van der Waals surface area contributed by atoms with Crippen LogP contribution in [-0.4, -0.2) is 12.7 Å². The topological polar surface area (TPSA) is 9.23 Å². The Bertz CT molecular complexity index is 80.9. The Morgan fingerprint density at radius 1 is 1.36 bits per heavy atom. The first-order chi connectivity index (χ1) is 5.33. The minimum Gasteiger partial charge on any atom is -0.378 e. The van der Waals surface area contributed by atoms with E-state index < -0.39 is 0 Å². The molecule has 1 nitrogen and oxygen atoms in total. The SMILES string of the molecule is CC.CC[C@H]1C[C@@H](C)CCO1. The monoisotopic (exact) mass is 158 g/mol. The minimum absolute atomic E-state index is 0.564. The highest BCUT2D eigenvalue weighted by Crippen LogP contribution is 2.20. The van der Waals surface area contributed by atoms with Crippen LogP contribution in [0.25, 0.3) is 0 Å². The third-order valence-electron chi connectivity index (χ3n) is 2.08. The molecule has 0 aromatic heterocycles. The molecule has 1 aliphatic heterocycles. The van der Waals surface area contributed by atoms with Gasteiger partial charge >= 0.3 is 0 Å². The van der Waals surface area contributed by atoms with Crippen LogP contribution in [-0.2, 0) is 4.74 Å². The zero-order chi connectivity index (χ0) is 8.69. The molecule has 0 spiro atoms. The molecule has 0 saturated carbocycles. The lowest BCUT2D eigenvalue weighted by molar-refractivity contribution is -0.00644. The molecule has 0 bridgehead atoms. The highest BCUT2D eigenvalue weighted by Gasteiger charge is 2.16. The van der Waals surface area contributed by atoms with Gasteiger partial charge in [-0.25, -0.2) is 0 Å². The molecule has 0 aromatic carbocycles. The zero-order valence-electron chi connectivity index (χ0n) is 8.39. The molecular formula is C10H22O. The van der Waals surface area contributed by atoms with Crippen LogP contribution in [0, 0.1) is 5.92 Å². The third-order valence-corrected chi connectivity index (χ3v) is 2.08. The van der Waals surface area contributed by atoms with Gasteiger partial charge in [0.2, 0.25) is 0 Å². The van der Waals surface area contributed by atoms with E-state index in [-0.39, 0.29) is 0 Å². The highest BCUT2D eigenvalue weighted by atomic mass is 16.5. The molecule has 68 valence electrons. The predicted molar refractivity (Wildman–Crippen MR) is 49.8 cm³/mol. The number of hydrogen-bond donors (Lipinski definition) is 0. The fourth-order valence-electron chi connectivity index (χ4n) is 1.36. The maximum Gasteiger partial charge on any atom is 0.0575 e. The molecule has 11 heavy (non-hydrogen) atoms. The van der Waals surface area contributed by atoms with Gasteiger partial charge in [-0.2, -0.15) is 0 Å². The number of ether oxygens (including phenoxy) is 1. The van der Waals surface area contributed by atoms with Crippen LogP contribution in [0.5, 0.6) is 0 Å². The summed E-state index contributed by atoms with van der Waals surface area (Å²) in [6.07, 6.45) is 4.28. The van der Waals surface area contributed by atoms with E-state index in [9.17, 15) is 0 Å². The summed E-state index contributed by atoms with van der Waals surface area (Å²) in [5, 5.41) is 0. The second-order valence-electron chi connectivity index (χ2n) is 3.03. The van der Waals surface area contributed by atoms with Gasteiger partial charge in [0.15, 0.2) is 0 Å². The maximum atomic E-state index is 5.50. The minimum atomic E-state index is 0.564. The molecule has 0 unspecified atom stereocenters. The first kappa shape index (κ1) is 11.0. The van der Waals surface area contributed by atoms with Gasteiger partial charge in [-0.15, -0.1) is 0 Å². The summed E-state index contributed by atoms with van der Waals surface area (Å²) < 4.78 is 5.50. The Kier molecular flexibility index (Phi) is 6.63. The van der Waals surface area contributed by atoms with Crippen molar-refractivity contribution in [2.24, 2.45) is 5.92 Å². The smallest absolute Gasteiger partial charge is 0.0575 e. The van der Waals surface area contributed by atoms with Gasteiger partial charge in [0.25, 0.3) is 0 Å². The molecule has 0 aromatic rings. The lowest BCUT2D eigenvalue weighted by atomic mass is 9.97. The predicted octanol–water partition coefficient (Wildman–Crippen LogP) is 3.24. The first-order valence-corrected chi connectivity index (χ1v) is 4.94. The van der Waals surface area contributed by atoms with Crippen LogP contribution in [0.3, 0.4) is 0 Å². The molecule has 1 fully saturated rings. The lowest BCUT2D eigenvalue weighted by Crippen LogP contribution is -2.23. The number of hydrogen-bond acceptors (Lipinski definition) is 1. The van der Waals surface area contributed by atoms with Crippen molar-refractivity contribution in [3.8, 4) is 0 Å². The summed E-state index contributed by atoms with van der Waals surface area (Å²) >= 11 is 0. The van der Waals surface area contributed by atoms with E-state index in [0.717, 1.165) is 12.5 Å². The molecule has 2 atom stereocenters. The second-order valence-corrected chi connectivity index (χ2v) is 3.03. The molecule has 1 aliphatic rings. The van der Waals surface area contributed by atoms with Crippen LogP contribution in [0.1, 0.15) is 47.0 Å². The first-order valence-electron chi connectivity index (χ1n) is 4.94. The Morgan fingerprint density at radius 3 is 2.36 bits per heavy atom. The third kappa shape index (κ3) is 4.41. The van der Waals surface area contributed by atoms with Crippen molar-refractivity contribution in [2.45, 2.75) is 53.1 Å². The summed E-state index contributed by atoms with van der Waals surface area (Å²) in [6.45, 7) is 9.49. The normalized spacial score (nSPS) is 30.5. The van der Waals surface area contributed by atoms with E-state index in [1.807, 2.05) is 13.8 Å². The van der Waals surface area contributed by atoms with Crippen molar-refractivity contribution < 1.29 is 4.74 Å². The van der Waals surface area contributed by atoms with Gasteiger partial charge in [-0.05, 0) is 25.2 Å². The van der Waals surface area contributed by atoms with Crippen LogP contribution in [0.15, 0.2) is 0 Å². The van der Waals surface area contributed by atoms with E-state index in [0.29, 0.717) is 6.10 Å². The van der Waals surface area contributed by atoms with Crippen molar-refractivity contribution >= 4 is 0 Å². The Balaban J connectivity index is 0.000000461. The van der Waals surface area contributed by atoms with Crippen molar-refractivity contribution in [1.82, 2.24) is 0 Å². The Labute approximate surface area is 71.1 Å². The van der Waals surface area contributed by atoms with Gasteiger partial charge in [-0.1, -0.05) is 27.7 Å². The lowest BCUT2D eigenvalue weighted by Gasteiger charge is -2.26. The maximum absolute atomic E-state index is 5.50. The average Bonchev–Trinajstić information content (AvgIpc) is 2.08. The van der Waals surface area contributed by atoms with Gasteiger partial charge in [0, 0.05) is 6.61 Å². The largest absolute Gasteiger partial charge is 0.378 e. The molecule has 0 radical (unpaired) electrons. The summed E-state index contributed by atoms with van der Waals surface area (Å²) in [5.74, 6) is 0.892. The highest BCUT2D eigenvalue weighted by molar-refractivity contribution is 4.66. The van der Waals surface area contributed by atoms with Crippen LogP contribution < -0.4 is 0 Å². The molecule has 0 aliphatic carbocycles. The van der Waals surface area contributed by atoms with Gasteiger partial charge in [-0.3, -0.25) is 0 Å². The van der Waals surface area contributed by atoms with Crippen molar-refractivity contribution in [3.63, 3.8) is 0 Å². The van der Waals surface area contributed by atoms with Gasteiger partial charge in [0.05, 0.1) is 6.10 Å². The quantitative estimate of drug-likeness (QED) is 0.569. The second kappa shape index (κ2) is 6.66. The van der Waals surface area contributed by atoms with Crippen LogP contribution in [0.2, 0.25) is 0 Å². The molecule has 1 heteroatoms.